The van der Waals surface area contributed by atoms with Crippen LogP contribution in [0.15, 0.2) is 10.0 Å². The fourth-order valence-electron chi connectivity index (χ4n) is 2.02. The van der Waals surface area contributed by atoms with Crippen molar-refractivity contribution in [2.45, 2.75) is 33.7 Å². The molecule has 0 atom stereocenters. The Morgan fingerprint density at radius 3 is 2.71 bits per heavy atom. The number of carbonyl (C=O) groups excluding carboxylic acids is 1. The lowest BCUT2D eigenvalue weighted by Gasteiger charge is -2.17. The van der Waals surface area contributed by atoms with Gasteiger partial charge in [0, 0.05) is 30.5 Å². The number of aryl methyl sites for hydroxylation is 3. The van der Waals surface area contributed by atoms with Crippen LogP contribution in [0, 0.1) is 20.8 Å². The van der Waals surface area contributed by atoms with Gasteiger partial charge in [-0.25, -0.2) is 9.78 Å². The standard InChI is InChI=1S/C14H20N4O2S/c1-9-12(11(3)20-17-9)7-18(4)14(19)15-6-5-13-10(2)16-8-21-13/h8H,5-7H2,1-4H3,(H,15,19). The summed E-state index contributed by atoms with van der Waals surface area (Å²) in [6.07, 6.45) is 0.807. The maximum Gasteiger partial charge on any atom is 0.317 e. The van der Waals surface area contributed by atoms with Gasteiger partial charge in [0.05, 0.1) is 23.4 Å². The summed E-state index contributed by atoms with van der Waals surface area (Å²) in [5.74, 6) is 0.757. The third-order valence-electron chi connectivity index (χ3n) is 3.40. The van der Waals surface area contributed by atoms with Crippen LogP contribution in [-0.4, -0.2) is 34.7 Å². The van der Waals surface area contributed by atoms with Gasteiger partial charge in [-0.3, -0.25) is 0 Å². The van der Waals surface area contributed by atoms with Gasteiger partial charge in [-0.05, 0) is 20.8 Å². The number of carbonyl (C=O) groups is 1. The van der Waals surface area contributed by atoms with Gasteiger partial charge in [-0.15, -0.1) is 11.3 Å². The fourth-order valence-corrected chi connectivity index (χ4v) is 2.80. The lowest BCUT2D eigenvalue weighted by molar-refractivity contribution is 0.207. The normalized spacial score (nSPS) is 10.7. The Bertz CT molecular complexity index is 601. The van der Waals surface area contributed by atoms with Crippen LogP contribution < -0.4 is 5.32 Å². The van der Waals surface area contributed by atoms with Crippen molar-refractivity contribution in [1.82, 2.24) is 20.4 Å². The molecule has 0 aliphatic rings. The second-order valence-electron chi connectivity index (χ2n) is 5.00. The largest absolute Gasteiger partial charge is 0.361 e. The Morgan fingerprint density at radius 2 is 2.14 bits per heavy atom. The summed E-state index contributed by atoms with van der Waals surface area (Å²) < 4.78 is 5.11. The number of thiazole rings is 1. The van der Waals surface area contributed by atoms with Crippen LogP contribution in [0.5, 0.6) is 0 Å². The molecule has 2 aromatic rings. The van der Waals surface area contributed by atoms with Gasteiger partial charge in [0.1, 0.15) is 5.76 Å². The van der Waals surface area contributed by atoms with E-state index in [-0.39, 0.29) is 6.03 Å². The number of aromatic nitrogens is 2. The Hall–Kier alpha value is -1.89. The molecule has 0 spiro atoms. The van der Waals surface area contributed by atoms with Gasteiger partial charge in [-0.2, -0.15) is 0 Å². The summed E-state index contributed by atoms with van der Waals surface area (Å²) in [6.45, 7) is 6.81. The molecule has 0 fully saturated rings. The Morgan fingerprint density at radius 1 is 1.38 bits per heavy atom. The zero-order valence-electron chi connectivity index (χ0n) is 12.8. The maximum absolute atomic E-state index is 12.1. The van der Waals surface area contributed by atoms with Crippen LogP contribution in [-0.2, 0) is 13.0 Å². The SMILES string of the molecule is Cc1ncsc1CCNC(=O)N(C)Cc1c(C)noc1C. The van der Waals surface area contributed by atoms with Crippen LogP contribution in [0.25, 0.3) is 0 Å². The van der Waals surface area contributed by atoms with Crippen molar-refractivity contribution < 1.29 is 9.32 Å². The first-order chi connectivity index (χ1) is 9.99. The first kappa shape index (κ1) is 15.5. The molecule has 0 aliphatic heterocycles. The Kier molecular flexibility index (Phi) is 4.95. The quantitative estimate of drug-likeness (QED) is 0.921. The van der Waals surface area contributed by atoms with Crippen LogP contribution in [0.3, 0.4) is 0 Å². The summed E-state index contributed by atoms with van der Waals surface area (Å²) in [7, 11) is 1.76. The van der Waals surface area contributed by atoms with E-state index in [9.17, 15) is 4.79 Å². The van der Waals surface area contributed by atoms with E-state index >= 15 is 0 Å². The fraction of sp³-hybridized carbons (Fsp3) is 0.500. The molecular weight excluding hydrogens is 288 g/mol. The highest BCUT2D eigenvalue weighted by Crippen LogP contribution is 2.14. The third-order valence-corrected chi connectivity index (χ3v) is 4.39. The lowest BCUT2D eigenvalue weighted by Crippen LogP contribution is -2.37. The highest BCUT2D eigenvalue weighted by Gasteiger charge is 2.15. The van der Waals surface area contributed by atoms with Crippen molar-refractivity contribution in [1.29, 1.82) is 0 Å². The van der Waals surface area contributed by atoms with E-state index in [0.29, 0.717) is 13.1 Å². The average Bonchev–Trinajstić information content (AvgIpc) is 2.99. The van der Waals surface area contributed by atoms with Gasteiger partial charge < -0.3 is 14.7 Å². The minimum Gasteiger partial charge on any atom is -0.361 e. The van der Waals surface area contributed by atoms with Crippen molar-refractivity contribution in [3.8, 4) is 0 Å². The predicted molar refractivity (Wildman–Crippen MR) is 81.4 cm³/mol. The molecule has 2 rings (SSSR count). The van der Waals surface area contributed by atoms with Crippen molar-refractivity contribution >= 4 is 17.4 Å². The molecule has 0 aliphatic carbocycles. The number of hydrogen-bond donors (Lipinski definition) is 1. The molecule has 0 saturated heterocycles. The van der Waals surface area contributed by atoms with Gasteiger partial charge >= 0.3 is 6.03 Å². The molecule has 0 unspecified atom stereocenters. The lowest BCUT2D eigenvalue weighted by atomic mass is 10.2. The summed E-state index contributed by atoms with van der Waals surface area (Å²) >= 11 is 1.62. The van der Waals surface area contributed by atoms with E-state index < -0.39 is 0 Å². The molecule has 0 saturated carbocycles. The zero-order valence-corrected chi connectivity index (χ0v) is 13.6. The summed E-state index contributed by atoms with van der Waals surface area (Å²) in [5.41, 5.74) is 4.66. The summed E-state index contributed by atoms with van der Waals surface area (Å²) in [4.78, 5) is 19.1. The first-order valence-electron chi connectivity index (χ1n) is 6.78. The number of hydrogen-bond acceptors (Lipinski definition) is 5. The molecule has 1 N–H and O–H groups in total. The van der Waals surface area contributed by atoms with Crippen molar-refractivity contribution in [3.05, 3.63) is 33.1 Å². The smallest absolute Gasteiger partial charge is 0.317 e. The predicted octanol–water partition coefficient (Wildman–Crippen LogP) is 2.44. The molecule has 0 bridgehead atoms. The number of amides is 2. The van der Waals surface area contributed by atoms with E-state index in [0.717, 1.165) is 29.1 Å². The van der Waals surface area contributed by atoms with Crippen molar-refractivity contribution in [2.24, 2.45) is 0 Å². The highest BCUT2D eigenvalue weighted by atomic mass is 32.1. The van der Waals surface area contributed by atoms with Crippen LogP contribution in [0.4, 0.5) is 4.79 Å². The third kappa shape index (κ3) is 3.81. The second-order valence-corrected chi connectivity index (χ2v) is 5.94. The number of nitrogens with one attached hydrogen (secondary N) is 1. The molecule has 6 nitrogen and oxygen atoms in total. The summed E-state index contributed by atoms with van der Waals surface area (Å²) in [6, 6.07) is -0.0998. The van der Waals surface area contributed by atoms with Gasteiger partial charge in [-0.1, -0.05) is 5.16 Å². The molecule has 21 heavy (non-hydrogen) atoms. The van der Waals surface area contributed by atoms with E-state index in [1.165, 1.54) is 4.88 Å². The van der Waals surface area contributed by atoms with Gasteiger partial charge in [0.2, 0.25) is 0 Å². The molecule has 7 heteroatoms. The van der Waals surface area contributed by atoms with Gasteiger partial charge in [0.15, 0.2) is 0 Å². The highest BCUT2D eigenvalue weighted by molar-refractivity contribution is 7.09. The molecular formula is C14H20N4O2S. The van der Waals surface area contributed by atoms with E-state index in [2.05, 4.69) is 15.5 Å². The Labute approximate surface area is 128 Å². The molecule has 2 heterocycles. The van der Waals surface area contributed by atoms with Crippen molar-refractivity contribution in [3.63, 3.8) is 0 Å². The van der Waals surface area contributed by atoms with Crippen LogP contribution >= 0.6 is 11.3 Å². The van der Waals surface area contributed by atoms with E-state index in [4.69, 9.17) is 4.52 Å². The first-order valence-corrected chi connectivity index (χ1v) is 7.66. The minimum atomic E-state index is -0.0998. The number of rotatable bonds is 5. The number of nitrogens with zero attached hydrogens (tertiary/aromatic N) is 3. The summed E-state index contributed by atoms with van der Waals surface area (Å²) in [5, 5.41) is 6.81. The molecule has 0 radical (unpaired) electrons. The van der Waals surface area contributed by atoms with Crippen LogP contribution in [0.2, 0.25) is 0 Å². The molecule has 114 valence electrons. The Balaban J connectivity index is 1.82. The van der Waals surface area contributed by atoms with Crippen molar-refractivity contribution in [2.75, 3.05) is 13.6 Å². The monoisotopic (exact) mass is 308 g/mol. The van der Waals surface area contributed by atoms with E-state index in [1.54, 1.807) is 23.3 Å². The number of urea groups is 1. The van der Waals surface area contributed by atoms with E-state index in [1.807, 2.05) is 26.3 Å². The topological polar surface area (TPSA) is 71.3 Å². The minimum absolute atomic E-state index is 0.0998. The van der Waals surface area contributed by atoms with Crippen LogP contribution in [0.1, 0.15) is 27.6 Å². The average molecular weight is 308 g/mol. The second kappa shape index (κ2) is 6.71. The maximum atomic E-state index is 12.1. The molecule has 2 amide bonds. The van der Waals surface area contributed by atoms with Gasteiger partial charge in [0.25, 0.3) is 0 Å². The zero-order chi connectivity index (χ0) is 15.4. The molecule has 0 aromatic carbocycles. The molecule has 2 aromatic heterocycles.